The predicted molar refractivity (Wildman–Crippen MR) is 64.2 cm³/mol. The van der Waals surface area contributed by atoms with Crippen LogP contribution in [-0.2, 0) is 4.74 Å². The van der Waals surface area contributed by atoms with Crippen LogP contribution in [0.1, 0.15) is 0 Å². The van der Waals surface area contributed by atoms with Crippen molar-refractivity contribution in [2.24, 2.45) is 0 Å². The van der Waals surface area contributed by atoms with Crippen LogP contribution >= 0.6 is 0 Å². The molecule has 1 aromatic rings. The number of nitro groups is 1. The monoisotopic (exact) mass is 237 g/mol. The Balaban J connectivity index is 2.07. The van der Waals surface area contributed by atoms with Gasteiger partial charge in [0.05, 0.1) is 17.1 Å². The molecule has 17 heavy (non-hydrogen) atoms. The van der Waals surface area contributed by atoms with Gasteiger partial charge < -0.3 is 15.4 Å². The predicted octanol–water partition coefficient (Wildman–Crippen LogP) is 0.993. The number of nitrogens with zero attached hydrogens (tertiary/aromatic N) is 1. The SMILES string of the molecule is CO[C@@H]1CNCC1Nc1cccc([N+](=O)[O-])c1. The van der Waals surface area contributed by atoms with E-state index < -0.39 is 4.92 Å². The third kappa shape index (κ3) is 2.72. The Hall–Kier alpha value is -1.66. The minimum absolute atomic E-state index is 0.0919. The highest BCUT2D eigenvalue weighted by Gasteiger charge is 2.26. The number of hydrogen-bond donors (Lipinski definition) is 2. The molecule has 0 spiro atoms. The molecule has 0 radical (unpaired) electrons. The van der Waals surface area contributed by atoms with E-state index in [2.05, 4.69) is 10.6 Å². The smallest absolute Gasteiger partial charge is 0.271 e. The van der Waals surface area contributed by atoms with Gasteiger partial charge >= 0.3 is 0 Å². The fourth-order valence-corrected chi connectivity index (χ4v) is 1.97. The van der Waals surface area contributed by atoms with Crippen molar-refractivity contribution in [3.05, 3.63) is 34.4 Å². The first kappa shape index (κ1) is 11.8. The molecule has 1 fully saturated rings. The van der Waals surface area contributed by atoms with E-state index in [9.17, 15) is 10.1 Å². The van der Waals surface area contributed by atoms with Gasteiger partial charge in [0, 0.05) is 38.0 Å². The van der Waals surface area contributed by atoms with Gasteiger partial charge in [-0.2, -0.15) is 0 Å². The van der Waals surface area contributed by atoms with E-state index in [4.69, 9.17) is 4.74 Å². The highest BCUT2D eigenvalue weighted by atomic mass is 16.6. The topological polar surface area (TPSA) is 76.4 Å². The highest BCUT2D eigenvalue weighted by molar-refractivity contribution is 5.51. The molecular formula is C11H15N3O3. The number of hydrogen-bond acceptors (Lipinski definition) is 5. The molecule has 2 N–H and O–H groups in total. The lowest BCUT2D eigenvalue weighted by molar-refractivity contribution is -0.384. The van der Waals surface area contributed by atoms with Gasteiger partial charge in [0.15, 0.2) is 0 Å². The molecule has 2 atom stereocenters. The Kier molecular flexibility index (Phi) is 3.55. The maximum Gasteiger partial charge on any atom is 0.271 e. The quantitative estimate of drug-likeness (QED) is 0.603. The van der Waals surface area contributed by atoms with Crippen LogP contribution in [0.4, 0.5) is 11.4 Å². The van der Waals surface area contributed by atoms with Gasteiger partial charge in [0.2, 0.25) is 0 Å². The summed E-state index contributed by atoms with van der Waals surface area (Å²) in [5, 5.41) is 17.1. The number of nitrogens with one attached hydrogen (secondary N) is 2. The van der Waals surface area contributed by atoms with Crippen LogP contribution < -0.4 is 10.6 Å². The fourth-order valence-electron chi connectivity index (χ4n) is 1.97. The van der Waals surface area contributed by atoms with Crippen molar-refractivity contribution in [1.82, 2.24) is 5.32 Å². The number of ether oxygens (including phenoxy) is 1. The van der Waals surface area contributed by atoms with Gasteiger partial charge in [-0.25, -0.2) is 0 Å². The molecule has 1 aromatic carbocycles. The van der Waals surface area contributed by atoms with Crippen LogP contribution in [-0.4, -0.2) is 37.3 Å². The molecule has 92 valence electrons. The van der Waals surface area contributed by atoms with Crippen LogP contribution in [0.15, 0.2) is 24.3 Å². The normalized spacial score (nSPS) is 23.6. The van der Waals surface area contributed by atoms with Crippen LogP contribution in [0.25, 0.3) is 0 Å². The molecule has 0 aliphatic carbocycles. The Bertz CT molecular complexity index is 411. The van der Waals surface area contributed by atoms with Crippen molar-refractivity contribution >= 4 is 11.4 Å². The number of rotatable bonds is 4. The van der Waals surface area contributed by atoms with Gasteiger partial charge in [-0.05, 0) is 6.07 Å². The zero-order valence-electron chi connectivity index (χ0n) is 9.55. The molecule has 0 amide bonds. The third-order valence-corrected chi connectivity index (χ3v) is 2.87. The van der Waals surface area contributed by atoms with Crippen LogP contribution in [0.3, 0.4) is 0 Å². The highest BCUT2D eigenvalue weighted by Crippen LogP contribution is 2.19. The van der Waals surface area contributed by atoms with Gasteiger partial charge in [-0.3, -0.25) is 10.1 Å². The van der Waals surface area contributed by atoms with Gasteiger partial charge in [-0.1, -0.05) is 6.07 Å². The van der Waals surface area contributed by atoms with Crippen molar-refractivity contribution in [2.75, 3.05) is 25.5 Å². The lowest BCUT2D eigenvalue weighted by Gasteiger charge is -2.19. The second kappa shape index (κ2) is 5.11. The number of methoxy groups -OCH3 is 1. The van der Waals surface area contributed by atoms with Crippen molar-refractivity contribution in [3.8, 4) is 0 Å². The minimum Gasteiger partial charge on any atom is -0.378 e. The van der Waals surface area contributed by atoms with Crippen molar-refractivity contribution in [2.45, 2.75) is 12.1 Å². The van der Waals surface area contributed by atoms with E-state index in [1.807, 2.05) is 6.07 Å². The molecule has 0 saturated carbocycles. The number of non-ortho nitro benzene ring substituents is 1. The molecule has 1 aliphatic heterocycles. The summed E-state index contributed by atoms with van der Waals surface area (Å²) in [5.41, 5.74) is 0.838. The van der Waals surface area contributed by atoms with Crippen molar-refractivity contribution < 1.29 is 9.66 Å². The summed E-state index contributed by atoms with van der Waals surface area (Å²) < 4.78 is 5.31. The largest absolute Gasteiger partial charge is 0.378 e. The second-order valence-electron chi connectivity index (χ2n) is 3.99. The first-order valence-electron chi connectivity index (χ1n) is 5.45. The molecular weight excluding hydrogens is 222 g/mol. The van der Waals surface area contributed by atoms with Gasteiger partial charge in [0.25, 0.3) is 5.69 Å². The second-order valence-corrected chi connectivity index (χ2v) is 3.99. The third-order valence-electron chi connectivity index (χ3n) is 2.87. The van der Waals surface area contributed by atoms with E-state index in [1.54, 1.807) is 13.2 Å². The van der Waals surface area contributed by atoms with Crippen LogP contribution in [0.2, 0.25) is 0 Å². The summed E-state index contributed by atoms with van der Waals surface area (Å²) in [4.78, 5) is 10.3. The average molecular weight is 237 g/mol. The van der Waals surface area contributed by atoms with E-state index in [-0.39, 0.29) is 17.8 Å². The average Bonchev–Trinajstić information content (AvgIpc) is 2.76. The standard InChI is InChI=1S/C11H15N3O3/c1-17-11-7-12-6-10(11)13-8-3-2-4-9(5-8)14(15)16/h2-5,10-13H,6-7H2,1H3/t10?,11-/m1/s1. The molecule has 6 heteroatoms. The maximum absolute atomic E-state index is 10.7. The van der Waals surface area contributed by atoms with E-state index in [0.29, 0.717) is 0 Å². The number of nitro benzene ring substituents is 1. The van der Waals surface area contributed by atoms with Gasteiger partial charge in [-0.15, -0.1) is 0 Å². The van der Waals surface area contributed by atoms with Crippen LogP contribution in [0.5, 0.6) is 0 Å². The molecule has 0 aromatic heterocycles. The summed E-state index contributed by atoms with van der Waals surface area (Å²) in [6.45, 7) is 1.59. The minimum atomic E-state index is -0.397. The van der Waals surface area contributed by atoms with Crippen molar-refractivity contribution in [1.29, 1.82) is 0 Å². The Morgan fingerprint density at radius 1 is 1.53 bits per heavy atom. The molecule has 1 heterocycles. The molecule has 0 bridgehead atoms. The van der Waals surface area contributed by atoms with E-state index in [0.717, 1.165) is 18.8 Å². The molecule has 1 aliphatic rings. The molecule has 6 nitrogen and oxygen atoms in total. The lowest BCUT2D eigenvalue weighted by Crippen LogP contribution is -2.33. The summed E-state index contributed by atoms with van der Waals surface area (Å²) in [6.07, 6.45) is 0.0919. The summed E-state index contributed by atoms with van der Waals surface area (Å²) in [5.74, 6) is 0. The number of anilines is 1. The maximum atomic E-state index is 10.7. The Labute approximate surface area is 99.1 Å². The summed E-state index contributed by atoms with van der Waals surface area (Å²) >= 11 is 0. The zero-order chi connectivity index (χ0) is 12.3. The first-order valence-corrected chi connectivity index (χ1v) is 5.45. The summed E-state index contributed by atoms with van der Waals surface area (Å²) in [6, 6.07) is 6.64. The van der Waals surface area contributed by atoms with Crippen LogP contribution in [0, 0.1) is 10.1 Å². The van der Waals surface area contributed by atoms with Gasteiger partial charge in [0.1, 0.15) is 0 Å². The Morgan fingerprint density at radius 3 is 3.06 bits per heavy atom. The summed E-state index contributed by atoms with van der Waals surface area (Å²) in [7, 11) is 1.67. The lowest BCUT2D eigenvalue weighted by atomic mass is 10.2. The molecule has 1 saturated heterocycles. The van der Waals surface area contributed by atoms with Crippen molar-refractivity contribution in [3.63, 3.8) is 0 Å². The fraction of sp³-hybridized carbons (Fsp3) is 0.455. The molecule has 2 rings (SSSR count). The Morgan fingerprint density at radius 2 is 2.35 bits per heavy atom. The van der Waals surface area contributed by atoms with E-state index in [1.165, 1.54) is 12.1 Å². The molecule has 1 unspecified atom stereocenters. The first-order chi connectivity index (χ1) is 8.20. The number of benzene rings is 1. The zero-order valence-corrected chi connectivity index (χ0v) is 9.55. The van der Waals surface area contributed by atoms with E-state index >= 15 is 0 Å².